The summed E-state index contributed by atoms with van der Waals surface area (Å²) in [5.74, 6) is 0.620. The quantitative estimate of drug-likeness (QED) is 0.544. The fourth-order valence-electron chi connectivity index (χ4n) is 1.92. The number of ether oxygens (including phenoxy) is 1. The minimum Gasteiger partial charge on any atom is -0.504 e. The summed E-state index contributed by atoms with van der Waals surface area (Å²) in [4.78, 5) is 0.983. The molecular formula is C16H9Cl3O2S. The van der Waals surface area contributed by atoms with Gasteiger partial charge in [-0.25, -0.2) is 0 Å². The van der Waals surface area contributed by atoms with Gasteiger partial charge in [-0.1, -0.05) is 40.9 Å². The summed E-state index contributed by atoms with van der Waals surface area (Å²) in [5, 5.41) is 13.3. The molecule has 0 radical (unpaired) electrons. The van der Waals surface area contributed by atoms with Crippen LogP contribution in [0.4, 0.5) is 0 Å². The van der Waals surface area contributed by atoms with Gasteiger partial charge in [0.25, 0.3) is 0 Å². The standard InChI is InChI=1S/C16H9Cl3O2S/c17-9-3-4-14(12(19)6-9)21-15-7-10(11(18)8-13(15)20)16-2-1-5-22-16/h1-8,20H. The van der Waals surface area contributed by atoms with Crippen molar-refractivity contribution in [3.05, 3.63) is 62.9 Å². The third-order valence-electron chi connectivity index (χ3n) is 2.95. The Morgan fingerprint density at radius 2 is 1.73 bits per heavy atom. The molecule has 1 heterocycles. The highest BCUT2D eigenvalue weighted by Gasteiger charge is 2.13. The average molecular weight is 372 g/mol. The van der Waals surface area contributed by atoms with Crippen LogP contribution < -0.4 is 4.74 Å². The molecule has 0 aliphatic carbocycles. The van der Waals surface area contributed by atoms with E-state index in [0.29, 0.717) is 20.8 Å². The molecule has 0 aliphatic rings. The Hall–Kier alpha value is -1.39. The van der Waals surface area contributed by atoms with Crippen LogP contribution in [0.3, 0.4) is 0 Å². The summed E-state index contributed by atoms with van der Waals surface area (Å²) in [6, 6.07) is 11.9. The molecule has 0 amide bonds. The van der Waals surface area contributed by atoms with Gasteiger partial charge in [0.15, 0.2) is 11.5 Å². The van der Waals surface area contributed by atoms with Gasteiger partial charge in [-0.3, -0.25) is 0 Å². The Morgan fingerprint density at radius 1 is 0.909 bits per heavy atom. The first kappa shape index (κ1) is 15.5. The second kappa shape index (κ2) is 6.39. The fraction of sp³-hybridized carbons (Fsp3) is 0. The second-order valence-corrected chi connectivity index (χ2v) is 6.65. The maximum absolute atomic E-state index is 10.0. The molecule has 0 saturated carbocycles. The first-order chi connectivity index (χ1) is 10.5. The summed E-state index contributed by atoms with van der Waals surface area (Å²) < 4.78 is 5.69. The first-order valence-corrected chi connectivity index (χ1v) is 8.25. The van der Waals surface area contributed by atoms with Crippen molar-refractivity contribution < 1.29 is 9.84 Å². The molecule has 6 heteroatoms. The van der Waals surface area contributed by atoms with Crippen molar-refractivity contribution in [3.8, 4) is 27.7 Å². The van der Waals surface area contributed by atoms with Crippen LogP contribution in [0.2, 0.25) is 15.1 Å². The number of halogens is 3. The average Bonchev–Trinajstić information content (AvgIpc) is 2.98. The lowest BCUT2D eigenvalue weighted by atomic mass is 10.1. The number of thiophene rings is 1. The number of hydrogen-bond donors (Lipinski definition) is 1. The molecule has 0 spiro atoms. The van der Waals surface area contributed by atoms with Crippen LogP contribution in [0.1, 0.15) is 0 Å². The number of benzene rings is 2. The zero-order chi connectivity index (χ0) is 15.7. The van der Waals surface area contributed by atoms with Gasteiger partial charge in [-0.2, -0.15) is 0 Å². The van der Waals surface area contributed by atoms with E-state index >= 15 is 0 Å². The number of aromatic hydroxyl groups is 1. The van der Waals surface area contributed by atoms with Crippen LogP contribution in [0.25, 0.3) is 10.4 Å². The monoisotopic (exact) mass is 370 g/mol. The van der Waals surface area contributed by atoms with Crippen molar-refractivity contribution in [2.24, 2.45) is 0 Å². The van der Waals surface area contributed by atoms with Crippen molar-refractivity contribution in [2.75, 3.05) is 0 Å². The SMILES string of the molecule is Oc1cc(Cl)c(-c2cccs2)cc1Oc1ccc(Cl)cc1Cl. The summed E-state index contributed by atoms with van der Waals surface area (Å²) in [6.07, 6.45) is 0. The summed E-state index contributed by atoms with van der Waals surface area (Å²) in [7, 11) is 0. The normalized spacial score (nSPS) is 10.7. The molecule has 2 nitrogen and oxygen atoms in total. The molecule has 22 heavy (non-hydrogen) atoms. The van der Waals surface area contributed by atoms with E-state index in [2.05, 4.69) is 0 Å². The molecule has 112 valence electrons. The van der Waals surface area contributed by atoms with Crippen molar-refractivity contribution in [2.45, 2.75) is 0 Å². The van der Waals surface area contributed by atoms with Crippen LogP contribution in [-0.2, 0) is 0 Å². The number of phenolic OH excluding ortho intramolecular Hbond substituents is 1. The molecule has 3 aromatic rings. The molecule has 0 aliphatic heterocycles. The Bertz CT molecular complexity index is 817. The molecule has 0 saturated heterocycles. The molecule has 0 bridgehead atoms. The van der Waals surface area contributed by atoms with E-state index in [1.165, 1.54) is 6.07 Å². The maximum Gasteiger partial charge on any atom is 0.169 e. The maximum atomic E-state index is 10.0. The van der Waals surface area contributed by atoms with E-state index in [9.17, 15) is 5.11 Å². The smallest absolute Gasteiger partial charge is 0.169 e. The van der Waals surface area contributed by atoms with E-state index in [1.807, 2.05) is 17.5 Å². The molecule has 0 unspecified atom stereocenters. The zero-order valence-electron chi connectivity index (χ0n) is 11.0. The fourth-order valence-corrected chi connectivity index (χ4v) is 3.44. The molecule has 0 fully saturated rings. The van der Waals surface area contributed by atoms with E-state index in [0.717, 1.165) is 10.4 Å². The largest absolute Gasteiger partial charge is 0.504 e. The van der Waals surface area contributed by atoms with E-state index in [4.69, 9.17) is 39.5 Å². The molecule has 1 N–H and O–H groups in total. The van der Waals surface area contributed by atoms with Crippen molar-refractivity contribution in [3.63, 3.8) is 0 Å². The van der Waals surface area contributed by atoms with Gasteiger partial charge in [0, 0.05) is 21.5 Å². The summed E-state index contributed by atoms with van der Waals surface area (Å²) >= 11 is 19.7. The van der Waals surface area contributed by atoms with Crippen LogP contribution in [0, 0.1) is 0 Å². The van der Waals surface area contributed by atoms with Crippen molar-refractivity contribution in [1.29, 1.82) is 0 Å². The summed E-state index contributed by atoms with van der Waals surface area (Å²) in [5.41, 5.74) is 0.787. The molecule has 3 rings (SSSR count). The molecule has 2 aromatic carbocycles. The van der Waals surface area contributed by atoms with Crippen molar-refractivity contribution >= 4 is 46.1 Å². The van der Waals surface area contributed by atoms with Crippen LogP contribution >= 0.6 is 46.1 Å². The molecule has 1 aromatic heterocycles. The predicted octanol–water partition coefficient (Wildman–Crippen LogP) is 6.87. The van der Waals surface area contributed by atoms with Gasteiger partial charge < -0.3 is 9.84 Å². The van der Waals surface area contributed by atoms with Crippen LogP contribution in [0.5, 0.6) is 17.2 Å². The van der Waals surface area contributed by atoms with E-state index in [1.54, 1.807) is 35.6 Å². The highest BCUT2D eigenvalue weighted by Crippen LogP contribution is 2.42. The van der Waals surface area contributed by atoms with Gasteiger partial charge in [-0.05, 0) is 35.7 Å². The number of rotatable bonds is 3. The Labute approximate surface area is 146 Å². The minimum atomic E-state index is -0.0590. The lowest BCUT2D eigenvalue weighted by Crippen LogP contribution is -1.88. The van der Waals surface area contributed by atoms with Crippen LogP contribution in [-0.4, -0.2) is 5.11 Å². The Kier molecular flexibility index (Phi) is 4.50. The zero-order valence-corrected chi connectivity index (χ0v) is 14.1. The minimum absolute atomic E-state index is 0.0590. The van der Waals surface area contributed by atoms with Crippen molar-refractivity contribution in [1.82, 2.24) is 0 Å². The number of hydrogen-bond acceptors (Lipinski definition) is 3. The molecule has 0 atom stereocenters. The lowest BCUT2D eigenvalue weighted by Gasteiger charge is -2.12. The van der Waals surface area contributed by atoms with Gasteiger partial charge in [0.2, 0.25) is 0 Å². The van der Waals surface area contributed by atoms with E-state index < -0.39 is 0 Å². The predicted molar refractivity (Wildman–Crippen MR) is 93.0 cm³/mol. The second-order valence-electron chi connectivity index (χ2n) is 4.45. The summed E-state index contributed by atoms with van der Waals surface area (Å²) in [6.45, 7) is 0. The topological polar surface area (TPSA) is 29.5 Å². The third-order valence-corrected chi connectivity index (χ3v) is 4.70. The van der Waals surface area contributed by atoms with E-state index in [-0.39, 0.29) is 11.5 Å². The highest BCUT2D eigenvalue weighted by molar-refractivity contribution is 7.13. The number of phenols is 1. The van der Waals surface area contributed by atoms with Gasteiger partial charge in [0.05, 0.1) is 10.0 Å². The Balaban J connectivity index is 2.02. The Morgan fingerprint density at radius 3 is 2.41 bits per heavy atom. The highest BCUT2D eigenvalue weighted by atomic mass is 35.5. The van der Waals surface area contributed by atoms with Gasteiger partial charge in [-0.15, -0.1) is 11.3 Å². The molecular weight excluding hydrogens is 363 g/mol. The van der Waals surface area contributed by atoms with Gasteiger partial charge >= 0.3 is 0 Å². The van der Waals surface area contributed by atoms with Crippen LogP contribution in [0.15, 0.2) is 47.8 Å². The first-order valence-electron chi connectivity index (χ1n) is 6.24. The lowest BCUT2D eigenvalue weighted by molar-refractivity contribution is 0.411. The van der Waals surface area contributed by atoms with Gasteiger partial charge in [0.1, 0.15) is 5.75 Å². The third kappa shape index (κ3) is 3.18.